The van der Waals surface area contributed by atoms with Gasteiger partial charge in [0.2, 0.25) is 22.7 Å². The molecule has 2 aromatic carbocycles. The molecule has 0 fully saturated rings. The van der Waals surface area contributed by atoms with Gasteiger partial charge in [0.05, 0.1) is 11.9 Å². The van der Waals surface area contributed by atoms with Crippen LogP contribution >= 0.6 is 0 Å². The van der Waals surface area contributed by atoms with E-state index in [1.807, 2.05) is 44.2 Å². The van der Waals surface area contributed by atoms with Crippen molar-refractivity contribution in [1.82, 2.24) is 5.32 Å². The average molecular weight is 404 g/mol. The molecule has 0 atom stereocenters. The molecule has 1 heterocycles. The first kappa shape index (κ1) is 20.0. The van der Waals surface area contributed by atoms with Gasteiger partial charge in [-0.05, 0) is 38.0 Å². The van der Waals surface area contributed by atoms with Crippen molar-refractivity contribution in [1.29, 1.82) is 0 Å². The molecular formula is C20H24N2O5S. The molecule has 1 N–H and O–H groups in total. The van der Waals surface area contributed by atoms with Gasteiger partial charge in [-0.15, -0.1) is 0 Å². The maximum Gasteiger partial charge on any atom is 0.241 e. The second kappa shape index (κ2) is 7.71. The normalized spacial score (nSPS) is 13.2. The number of ether oxygens (including phenoxy) is 2. The molecule has 1 amide bonds. The van der Waals surface area contributed by atoms with Crippen LogP contribution in [0, 0.1) is 0 Å². The van der Waals surface area contributed by atoms with Crippen LogP contribution in [0.3, 0.4) is 0 Å². The fourth-order valence-electron chi connectivity index (χ4n) is 3.14. The fourth-order valence-corrected chi connectivity index (χ4v) is 3.99. The maximum atomic E-state index is 12.6. The van der Waals surface area contributed by atoms with Crippen molar-refractivity contribution in [3.63, 3.8) is 0 Å². The molecule has 3 rings (SSSR count). The van der Waals surface area contributed by atoms with Gasteiger partial charge in [-0.1, -0.05) is 30.3 Å². The summed E-state index contributed by atoms with van der Waals surface area (Å²) in [5.41, 5.74) is 0.905. The van der Waals surface area contributed by atoms with E-state index in [0.717, 1.165) is 16.1 Å². The lowest BCUT2D eigenvalue weighted by Crippen LogP contribution is -2.50. The van der Waals surface area contributed by atoms with Gasteiger partial charge >= 0.3 is 0 Å². The molecule has 0 aliphatic carbocycles. The number of rotatable bonds is 7. The first-order chi connectivity index (χ1) is 13.1. The van der Waals surface area contributed by atoms with E-state index in [4.69, 9.17) is 9.47 Å². The third-order valence-electron chi connectivity index (χ3n) is 4.30. The van der Waals surface area contributed by atoms with Gasteiger partial charge in [0.15, 0.2) is 11.5 Å². The molecule has 1 aliphatic rings. The molecule has 150 valence electrons. The lowest BCUT2D eigenvalue weighted by molar-refractivity contribution is -0.121. The molecule has 2 aromatic rings. The molecule has 0 bridgehead atoms. The van der Waals surface area contributed by atoms with Crippen LogP contribution in [0.1, 0.15) is 19.4 Å². The van der Waals surface area contributed by atoms with Gasteiger partial charge in [0.1, 0.15) is 6.54 Å². The summed E-state index contributed by atoms with van der Waals surface area (Å²) in [5.74, 6) is 0.616. The van der Waals surface area contributed by atoms with Crippen LogP contribution in [-0.2, 0) is 21.2 Å². The lowest BCUT2D eigenvalue weighted by atomic mass is 9.95. The minimum atomic E-state index is -3.67. The minimum absolute atomic E-state index is 0.0891. The van der Waals surface area contributed by atoms with E-state index in [-0.39, 0.29) is 19.2 Å². The van der Waals surface area contributed by atoms with Crippen molar-refractivity contribution in [3.05, 3.63) is 54.1 Å². The second-order valence-electron chi connectivity index (χ2n) is 7.40. The Balaban J connectivity index is 1.73. The van der Waals surface area contributed by atoms with Gasteiger partial charge in [-0.25, -0.2) is 8.42 Å². The van der Waals surface area contributed by atoms with E-state index in [1.54, 1.807) is 18.2 Å². The van der Waals surface area contributed by atoms with Crippen LogP contribution in [-0.4, -0.2) is 39.5 Å². The first-order valence-electron chi connectivity index (χ1n) is 8.86. The SMILES string of the molecule is CC(C)(Cc1ccccc1)NC(=O)CN(c1ccc2c(c1)OCO2)S(C)(=O)=O. The summed E-state index contributed by atoms with van der Waals surface area (Å²) >= 11 is 0. The number of amides is 1. The predicted octanol–water partition coefficient (Wildman–Crippen LogP) is 2.32. The van der Waals surface area contributed by atoms with E-state index >= 15 is 0 Å². The number of nitrogens with one attached hydrogen (secondary N) is 1. The molecular weight excluding hydrogens is 380 g/mol. The Labute approximate surface area is 165 Å². The molecule has 7 nitrogen and oxygen atoms in total. The number of hydrogen-bond donors (Lipinski definition) is 1. The smallest absolute Gasteiger partial charge is 0.241 e. The van der Waals surface area contributed by atoms with Crippen molar-refractivity contribution >= 4 is 21.6 Å². The largest absolute Gasteiger partial charge is 0.454 e. The molecule has 0 saturated heterocycles. The van der Waals surface area contributed by atoms with Crippen LogP contribution in [0.15, 0.2) is 48.5 Å². The molecule has 1 aliphatic heterocycles. The Kier molecular flexibility index (Phi) is 5.51. The van der Waals surface area contributed by atoms with Crippen molar-refractivity contribution in [2.45, 2.75) is 25.8 Å². The summed E-state index contributed by atoms with van der Waals surface area (Å²) in [6.45, 7) is 3.58. The highest BCUT2D eigenvalue weighted by Crippen LogP contribution is 2.36. The Morgan fingerprint density at radius 1 is 1.11 bits per heavy atom. The topological polar surface area (TPSA) is 84.9 Å². The Morgan fingerprint density at radius 2 is 1.79 bits per heavy atom. The Bertz CT molecular complexity index is 958. The summed E-state index contributed by atoms with van der Waals surface area (Å²) in [4.78, 5) is 12.6. The Hall–Kier alpha value is -2.74. The molecule has 0 aromatic heterocycles. The van der Waals surface area contributed by atoms with E-state index in [2.05, 4.69) is 5.32 Å². The zero-order chi connectivity index (χ0) is 20.4. The molecule has 28 heavy (non-hydrogen) atoms. The van der Waals surface area contributed by atoms with E-state index in [9.17, 15) is 13.2 Å². The molecule has 0 spiro atoms. The average Bonchev–Trinajstić information content (AvgIpc) is 3.06. The van der Waals surface area contributed by atoms with Crippen molar-refractivity contribution in [2.24, 2.45) is 0 Å². The van der Waals surface area contributed by atoms with Crippen LogP contribution in [0.4, 0.5) is 5.69 Å². The molecule has 8 heteroatoms. The van der Waals surface area contributed by atoms with Gasteiger partial charge in [-0.2, -0.15) is 0 Å². The minimum Gasteiger partial charge on any atom is -0.454 e. The number of carbonyl (C=O) groups excluding carboxylic acids is 1. The van der Waals surface area contributed by atoms with Crippen LogP contribution < -0.4 is 19.1 Å². The summed E-state index contributed by atoms with van der Waals surface area (Å²) in [6.07, 6.45) is 1.70. The molecule has 0 radical (unpaired) electrons. The van der Waals surface area contributed by atoms with Crippen LogP contribution in [0.5, 0.6) is 11.5 Å². The van der Waals surface area contributed by atoms with Crippen LogP contribution in [0.2, 0.25) is 0 Å². The molecule has 0 saturated carbocycles. The van der Waals surface area contributed by atoms with Gasteiger partial charge < -0.3 is 14.8 Å². The number of nitrogens with zero attached hydrogens (tertiary/aromatic N) is 1. The van der Waals surface area contributed by atoms with Crippen molar-refractivity contribution in [2.75, 3.05) is 23.9 Å². The summed E-state index contributed by atoms with van der Waals surface area (Å²) in [6, 6.07) is 14.6. The van der Waals surface area contributed by atoms with Gasteiger partial charge in [0.25, 0.3) is 0 Å². The predicted molar refractivity (Wildman–Crippen MR) is 107 cm³/mol. The third-order valence-corrected chi connectivity index (χ3v) is 5.44. The summed E-state index contributed by atoms with van der Waals surface area (Å²) < 4.78 is 36.2. The summed E-state index contributed by atoms with van der Waals surface area (Å²) in [5, 5.41) is 2.93. The maximum absolute atomic E-state index is 12.6. The number of sulfonamides is 1. The van der Waals surface area contributed by atoms with Crippen molar-refractivity contribution in [3.8, 4) is 11.5 Å². The van der Waals surface area contributed by atoms with E-state index < -0.39 is 15.6 Å². The first-order valence-corrected chi connectivity index (χ1v) is 10.7. The number of hydrogen-bond acceptors (Lipinski definition) is 5. The number of anilines is 1. The zero-order valence-electron chi connectivity index (χ0n) is 16.1. The zero-order valence-corrected chi connectivity index (χ0v) is 17.0. The van der Waals surface area contributed by atoms with Crippen molar-refractivity contribution < 1.29 is 22.7 Å². The van der Waals surface area contributed by atoms with Gasteiger partial charge in [0, 0.05) is 11.6 Å². The quantitative estimate of drug-likeness (QED) is 0.766. The fraction of sp³-hybridized carbons (Fsp3) is 0.350. The standard InChI is InChI=1S/C20H24N2O5S/c1-20(2,12-15-7-5-4-6-8-15)21-19(23)13-22(28(3,24)25)16-9-10-17-18(11-16)27-14-26-17/h4-11H,12-14H2,1-3H3,(H,21,23). The Morgan fingerprint density at radius 3 is 2.46 bits per heavy atom. The van der Waals surface area contributed by atoms with E-state index in [1.165, 1.54) is 0 Å². The van der Waals surface area contributed by atoms with Gasteiger partial charge in [-0.3, -0.25) is 9.10 Å². The van der Waals surface area contributed by atoms with Crippen LogP contribution in [0.25, 0.3) is 0 Å². The number of benzene rings is 2. The van der Waals surface area contributed by atoms with E-state index in [0.29, 0.717) is 23.6 Å². The lowest BCUT2D eigenvalue weighted by Gasteiger charge is -2.29. The number of carbonyl (C=O) groups is 1. The highest BCUT2D eigenvalue weighted by Gasteiger charge is 2.27. The third kappa shape index (κ3) is 4.95. The highest BCUT2D eigenvalue weighted by atomic mass is 32.2. The summed E-state index contributed by atoms with van der Waals surface area (Å²) in [7, 11) is -3.67. The molecule has 0 unspecified atom stereocenters. The monoisotopic (exact) mass is 404 g/mol. The number of fused-ring (bicyclic) bond motifs is 1. The highest BCUT2D eigenvalue weighted by molar-refractivity contribution is 7.92. The second-order valence-corrected chi connectivity index (χ2v) is 9.31.